The summed E-state index contributed by atoms with van der Waals surface area (Å²) >= 11 is 0. The Morgan fingerprint density at radius 3 is 2.24 bits per heavy atom. The van der Waals surface area contributed by atoms with E-state index >= 15 is 0 Å². The fourth-order valence-electron chi connectivity index (χ4n) is 1.63. The Bertz CT molecular complexity index is 178. The van der Waals surface area contributed by atoms with Crippen molar-refractivity contribution in [2.45, 2.75) is 64.8 Å². The highest BCUT2D eigenvalue weighted by Gasteiger charge is 2.11. The van der Waals surface area contributed by atoms with Crippen molar-refractivity contribution in [1.82, 2.24) is 5.32 Å². The van der Waals surface area contributed by atoms with Gasteiger partial charge in [0, 0.05) is 19.1 Å². The summed E-state index contributed by atoms with van der Waals surface area (Å²) < 4.78 is 4.96. The van der Waals surface area contributed by atoms with Crippen LogP contribution in [0.5, 0.6) is 0 Å². The Kier molecular flexibility index (Phi) is 11.2. The van der Waals surface area contributed by atoms with E-state index in [-0.39, 0.29) is 25.3 Å². The molecule has 102 valence electrons. The molecule has 0 aromatic heterocycles. The van der Waals surface area contributed by atoms with Crippen molar-refractivity contribution in [3.05, 3.63) is 0 Å². The number of ether oxygens (including phenoxy) is 1. The molecule has 0 rings (SSSR count). The molecule has 0 spiro atoms. The molecule has 0 aliphatic rings. The number of rotatable bonds is 10. The first-order valence-electron chi connectivity index (χ1n) is 6.78. The predicted molar refractivity (Wildman–Crippen MR) is 69.0 cm³/mol. The van der Waals surface area contributed by atoms with E-state index in [1.807, 2.05) is 0 Å². The first kappa shape index (κ1) is 16.2. The molecule has 1 amide bonds. The molecule has 0 unspecified atom stereocenters. The Hall–Kier alpha value is -0.770. The van der Waals surface area contributed by atoms with Crippen molar-refractivity contribution >= 4 is 6.09 Å². The van der Waals surface area contributed by atoms with Gasteiger partial charge in [0.05, 0.1) is 6.61 Å². The summed E-state index contributed by atoms with van der Waals surface area (Å²) in [6.07, 6.45) is 6.74. The largest absolute Gasteiger partial charge is 0.449 e. The van der Waals surface area contributed by atoms with Crippen LogP contribution in [0.25, 0.3) is 0 Å². The fraction of sp³-hybridized carbons (Fsp3) is 0.923. The van der Waals surface area contributed by atoms with Crippen LogP contribution in [0.15, 0.2) is 0 Å². The summed E-state index contributed by atoms with van der Waals surface area (Å²) in [5.74, 6) is 0. The Morgan fingerprint density at radius 2 is 1.76 bits per heavy atom. The lowest BCUT2D eigenvalue weighted by atomic mass is 10.0. The first-order chi connectivity index (χ1) is 8.24. The third kappa shape index (κ3) is 10.1. The quantitative estimate of drug-likeness (QED) is 0.582. The van der Waals surface area contributed by atoms with Gasteiger partial charge in [-0.15, -0.1) is 0 Å². The minimum atomic E-state index is -0.351. The van der Waals surface area contributed by atoms with Crippen LogP contribution in [-0.4, -0.2) is 30.5 Å². The minimum absolute atomic E-state index is 0.0579. The van der Waals surface area contributed by atoms with E-state index in [1.165, 1.54) is 0 Å². The van der Waals surface area contributed by atoms with E-state index in [9.17, 15) is 4.79 Å². The molecule has 0 fully saturated rings. The molecule has 0 atom stereocenters. The van der Waals surface area contributed by atoms with E-state index in [1.54, 1.807) is 0 Å². The van der Waals surface area contributed by atoms with Crippen molar-refractivity contribution < 1.29 is 14.6 Å². The van der Waals surface area contributed by atoms with Crippen molar-refractivity contribution in [2.24, 2.45) is 0 Å². The molecule has 0 aromatic carbocycles. The van der Waals surface area contributed by atoms with Crippen LogP contribution in [0.1, 0.15) is 58.8 Å². The number of carbonyl (C=O) groups excluding carboxylic acids is 1. The lowest BCUT2D eigenvalue weighted by Gasteiger charge is -2.18. The summed E-state index contributed by atoms with van der Waals surface area (Å²) in [5.41, 5.74) is 0. The third-order valence-electron chi connectivity index (χ3n) is 2.67. The second-order valence-corrected chi connectivity index (χ2v) is 4.34. The molecule has 2 N–H and O–H groups in total. The molecule has 4 nitrogen and oxygen atoms in total. The smallest absolute Gasteiger partial charge is 0.407 e. The van der Waals surface area contributed by atoms with Crippen molar-refractivity contribution in [3.8, 4) is 0 Å². The Morgan fingerprint density at radius 1 is 1.18 bits per heavy atom. The molecule has 0 bridgehead atoms. The molecule has 0 aliphatic heterocycles. The van der Waals surface area contributed by atoms with Crippen molar-refractivity contribution in [3.63, 3.8) is 0 Å². The normalized spacial score (nSPS) is 10.6. The third-order valence-corrected chi connectivity index (χ3v) is 2.67. The topological polar surface area (TPSA) is 58.6 Å². The zero-order valence-corrected chi connectivity index (χ0v) is 11.2. The maximum Gasteiger partial charge on any atom is 0.407 e. The SMILES string of the molecule is CCCCC(CCCC)NC(=O)OCCCO. The standard InChI is InChI=1S/C13H27NO3/c1-3-5-8-12(9-6-4-2)14-13(16)17-11-7-10-15/h12,15H,3-11H2,1-2H3,(H,14,16). The summed E-state index contributed by atoms with van der Waals surface area (Å²) in [5, 5.41) is 11.5. The number of aliphatic hydroxyl groups excluding tert-OH is 1. The van der Waals surface area contributed by atoms with Gasteiger partial charge in [-0.3, -0.25) is 0 Å². The van der Waals surface area contributed by atoms with Gasteiger partial charge in [-0.05, 0) is 12.8 Å². The Labute approximate surface area is 105 Å². The minimum Gasteiger partial charge on any atom is -0.449 e. The zero-order chi connectivity index (χ0) is 12.9. The molecule has 4 heteroatoms. The number of hydrogen-bond acceptors (Lipinski definition) is 3. The lowest BCUT2D eigenvalue weighted by molar-refractivity contribution is 0.130. The van der Waals surface area contributed by atoms with E-state index < -0.39 is 0 Å². The van der Waals surface area contributed by atoms with Gasteiger partial charge in [-0.1, -0.05) is 39.5 Å². The second kappa shape index (κ2) is 11.7. The fourth-order valence-corrected chi connectivity index (χ4v) is 1.63. The predicted octanol–water partition coefficient (Wildman–Crippen LogP) is 2.84. The van der Waals surface area contributed by atoms with Gasteiger partial charge in [0.25, 0.3) is 0 Å². The summed E-state index contributed by atoms with van der Waals surface area (Å²) in [6, 6.07) is 0.233. The zero-order valence-electron chi connectivity index (χ0n) is 11.2. The Balaban J connectivity index is 3.81. The van der Waals surface area contributed by atoms with Gasteiger partial charge < -0.3 is 15.2 Å². The van der Waals surface area contributed by atoms with Crippen LogP contribution in [-0.2, 0) is 4.74 Å². The molecule has 0 saturated heterocycles. The number of alkyl carbamates (subject to hydrolysis) is 1. The molecule has 0 aromatic rings. The average molecular weight is 245 g/mol. The summed E-state index contributed by atoms with van der Waals surface area (Å²) in [7, 11) is 0. The van der Waals surface area contributed by atoms with Crippen LogP contribution in [0.4, 0.5) is 4.79 Å². The number of amides is 1. The molecule has 0 saturated carbocycles. The average Bonchev–Trinajstić information content (AvgIpc) is 2.33. The van der Waals surface area contributed by atoms with Crippen molar-refractivity contribution in [2.75, 3.05) is 13.2 Å². The lowest BCUT2D eigenvalue weighted by Crippen LogP contribution is -2.35. The van der Waals surface area contributed by atoms with Gasteiger partial charge in [0.15, 0.2) is 0 Å². The van der Waals surface area contributed by atoms with Gasteiger partial charge in [-0.25, -0.2) is 4.79 Å². The monoisotopic (exact) mass is 245 g/mol. The molecule has 0 aliphatic carbocycles. The van der Waals surface area contributed by atoms with Gasteiger partial charge in [0.2, 0.25) is 0 Å². The highest BCUT2D eigenvalue weighted by Crippen LogP contribution is 2.08. The molecule has 17 heavy (non-hydrogen) atoms. The maximum absolute atomic E-state index is 11.4. The van der Waals surface area contributed by atoms with Crippen LogP contribution in [0.3, 0.4) is 0 Å². The molecular formula is C13H27NO3. The molecular weight excluding hydrogens is 218 g/mol. The number of aliphatic hydroxyl groups is 1. The number of carbonyl (C=O) groups is 1. The highest BCUT2D eigenvalue weighted by atomic mass is 16.5. The summed E-state index contributed by atoms with van der Waals surface area (Å²) in [6.45, 7) is 4.64. The first-order valence-corrected chi connectivity index (χ1v) is 6.78. The highest BCUT2D eigenvalue weighted by molar-refractivity contribution is 5.67. The van der Waals surface area contributed by atoms with Crippen LogP contribution in [0.2, 0.25) is 0 Å². The van der Waals surface area contributed by atoms with Crippen LogP contribution >= 0.6 is 0 Å². The van der Waals surface area contributed by atoms with Crippen LogP contribution < -0.4 is 5.32 Å². The van der Waals surface area contributed by atoms with Gasteiger partial charge in [0.1, 0.15) is 0 Å². The maximum atomic E-state index is 11.4. The van der Waals surface area contributed by atoms with E-state index in [0.717, 1.165) is 38.5 Å². The second-order valence-electron chi connectivity index (χ2n) is 4.34. The molecule has 0 radical (unpaired) electrons. The number of nitrogens with one attached hydrogen (secondary N) is 1. The van der Waals surface area contributed by atoms with Gasteiger partial charge in [-0.2, -0.15) is 0 Å². The van der Waals surface area contributed by atoms with Crippen molar-refractivity contribution in [1.29, 1.82) is 0 Å². The molecule has 0 heterocycles. The van der Waals surface area contributed by atoms with Crippen LogP contribution in [0, 0.1) is 0 Å². The van der Waals surface area contributed by atoms with E-state index in [4.69, 9.17) is 9.84 Å². The summed E-state index contributed by atoms with van der Waals surface area (Å²) in [4.78, 5) is 11.4. The van der Waals surface area contributed by atoms with Gasteiger partial charge >= 0.3 is 6.09 Å². The number of unbranched alkanes of at least 4 members (excludes halogenated alkanes) is 2. The van der Waals surface area contributed by atoms with E-state index in [2.05, 4.69) is 19.2 Å². The van der Waals surface area contributed by atoms with E-state index in [0.29, 0.717) is 6.42 Å². The number of hydrogen-bond donors (Lipinski definition) is 2.